The third-order valence-electron chi connectivity index (χ3n) is 3.41. The predicted molar refractivity (Wildman–Crippen MR) is 82.9 cm³/mol. The molecule has 4 N–H and O–H groups in total. The molecule has 104 valence electrons. The largest absolute Gasteiger partial charge is 0.341 e. The zero-order valence-electron chi connectivity index (χ0n) is 10.8. The van der Waals surface area contributed by atoms with E-state index in [-0.39, 0.29) is 6.04 Å². The Hall–Kier alpha value is -1.64. The molecule has 6 nitrogen and oxygen atoms in total. The van der Waals surface area contributed by atoms with E-state index in [1.807, 2.05) is 28.8 Å². The number of hydrogen-bond acceptors (Lipinski definition) is 3. The normalized spacial score (nSPS) is 18.4. The van der Waals surface area contributed by atoms with Crippen LogP contribution < -0.4 is 11.5 Å². The quantitative estimate of drug-likeness (QED) is 0.465. The number of nitrogens with zero attached hydrogens (tertiary/aromatic N) is 3. The first-order chi connectivity index (χ1) is 9.65. The van der Waals surface area contributed by atoms with Crippen LogP contribution in [-0.4, -0.2) is 27.2 Å². The highest BCUT2D eigenvalue weighted by Gasteiger charge is 2.31. The van der Waals surface area contributed by atoms with Gasteiger partial charge in [-0.1, -0.05) is 17.3 Å². The maximum Gasteiger partial charge on any atom is 0.341 e. The molecular weight excluding hydrogens is 369 g/mol. The van der Waals surface area contributed by atoms with Crippen molar-refractivity contribution in [2.24, 2.45) is 11.5 Å². The minimum atomic E-state index is -0.00917. The van der Waals surface area contributed by atoms with Crippen LogP contribution in [0.25, 0.3) is 11.4 Å². The fourth-order valence-electron chi connectivity index (χ4n) is 2.42. The van der Waals surface area contributed by atoms with E-state index >= 15 is 0 Å². The average molecular weight is 384 g/mol. The number of benzene rings is 1. The maximum absolute atomic E-state index is 5.69. The van der Waals surface area contributed by atoms with Crippen LogP contribution in [-0.2, 0) is 0 Å². The van der Waals surface area contributed by atoms with Crippen LogP contribution >= 0.6 is 22.6 Å². The van der Waals surface area contributed by atoms with Gasteiger partial charge in [0, 0.05) is 9.13 Å². The molecule has 1 saturated heterocycles. The zero-order chi connectivity index (χ0) is 14.1. The van der Waals surface area contributed by atoms with E-state index in [1.165, 1.54) is 3.57 Å². The van der Waals surface area contributed by atoms with Crippen LogP contribution in [0.4, 0.5) is 0 Å². The summed E-state index contributed by atoms with van der Waals surface area (Å²) in [7, 11) is 0. The minimum Gasteiger partial charge on any atom is -0.335 e. The number of nitrogens with two attached hydrogens (primary N) is 2. The second-order valence-corrected chi connectivity index (χ2v) is 5.99. The molecule has 3 rings (SSSR count). The number of halogens is 1. The molecule has 1 fully saturated rings. The molecule has 1 aliphatic heterocycles. The summed E-state index contributed by atoms with van der Waals surface area (Å²) in [6.07, 6.45) is 1.94. The molecule has 0 saturated carbocycles. The Morgan fingerprint density at radius 3 is 2.75 bits per heavy atom. The molecule has 0 bridgehead atoms. The third-order valence-corrected chi connectivity index (χ3v) is 4.13. The number of aromatic nitrogens is 2. The minimum absolute atomic E-state index is 0.00917. The van der Waals surface area contributed by atoms with Crippen molar-refractivity contribution in [3.05, 3.63) is 33.7 Å². The molecule has 7 heteroatoms. The first-order valence-electron chi connectivity index (χ1n) is 6.39. The van der Waals surface area contributed by atoms with Crippen molar-refractivity contribution in [2.75, 3.05) is 6.54 Å². The molecular formula is C13H15IN5O+. The number of rotatable bonds is 2. The Morgan fingerprint density at radius 1 is 1.30 bits per heavy atom. The standard InChI is InChI=1S/C13H14IN5O/c14-9-5-3-8(4-6-9)11-17-12(20-18-11)10-2-1-7-19(10)13(15)16/h3-6,10H,1-2,7H2,(H3,15,16)/p+1/t10-/m0/s1. The van der Waals surface area contributed by atoms with Gasteiger partial charge in [-0.3, -0.25) is 16.0 Å². The Labute approximate surface area is 130 Å². The van der Waals surface area contributed by atoms with Crippen molar-refractivity contribution in [2.45, 2.75) is 18.9 Å². The van der Waals surface area contributed by atoms with E-state index in [4.69, 9.17) is 16.0 Å². The van der Waals surface area contributed by atoms with Crippen molar-refractivity contribution < 1.29 is 9.10 Å². The summed E-state index contributed by atoms with van der Waals surface area (Å²) in [5, 5.41) is 4.05. The molecule has 0 amide bonds. The molecule has 0 aliphatic carbocycles. The van der Waals surface area contributed by atoms with Gasteiger partial charge in [0.15, 0.2) is 6.04 Å². The third kappa shape index (κ3) is 2.49. The summed E-state index contributed by atoms with van der Waals surface area (Å²) in [4.78, 5) is 4.48. The molecule has 1 aliphatic rings. The summed E-state index contributed by atoms with van der Waals surface area (Å²) in [6.45, 7) is 0.828. The number of hydrogen-bond donors (Lipinski definition) is 2. The lowest BCUT2D eigenvalue weighted by Crippen LogP contribution is -2.35. The van der Waals surface area contributed by atoms with Gasteiger partial charge in [-0.05, 0) is 47.6 Å². The fourth-order valence-corrected chi connectivity index (χ4v) is 2.78. The van der Waals surface area contributed by atoms with E-state index < -0.39 is 0 Å². The molecule has 0 unspecified atom stereocenters. The lowest BCUT2D eigenvalue weighted by molar-refractivity contribution is -0.555. The zero-order valence-corrected chi connectivity index (χ0v) is 12.9. The van der Waals surface area contributed by atoms with E-state index in [9.17, 15) is 0 Å². The SMILES string of the molecule is NC(N)=[N+]1CCC[C@H]1c1nc(-c2ccc(I)cc2)no1. The molecule has 0 spiro atoms. The summed E-state index contributed by atoms with van der Waals surface area (Å²) in [6, 6.07) is 7.97. The fraction of sp³-hybridized carbons (Fsp3) is 0.308. The summed E-state index contributed by atoms with van der Waals surface area (Å²) in [5.41, 5.74) is 12.3. The van der Waals surface area contributed by atoms with Gasteiger partial charge in [0.05, 0.1) is 6.54 Å². The Kier molecular flexibility index (Phi) is 3.60. The van der Waals surface area contributed by atoms with Gasteiger partial charge in [-0.25, -0.2) is 0 Å². The van der Waals surface area contributed by atoms with Crippen LogP contribution in [0.15, 0.2) is 28.8 Å². The predicted octanol–water partition coefficient (Wildman–Crippen LogP) is 1.46. The first-order valence-corrected chi connectivity index (χ1v) is 7.47. The monoisotopic (exact) mass is 384 g/mol. The Bertz CT molecular complexity index is 645. The molecule has 1 atom stereocenters. The van der Waals surface area contributed by atoms with Crippen LogP contribution in [0.3, 0.4) is 0 Å². The summed E-state index contributed by atoms with van der Waals surface area (Å²) in [5.74, 6) is 1.48. The van der Waals surface area contributed by atoms with Gasteiger partial charge in [-0.15, -0.1) is 0 Å². The Morgan fingerprint density at radius 2 is 2.05 bits per heavy atom. The maximum atomic E-state index is 5.69. The van der Waals surface area contributed by atoms with E-state index in [0.717, 1.165) is 24.9 Å². The summed E-state index contributed by atoms with van der Waals surface area (Å²) < 4.78 is 8.46. The average Bonchev–Trinajstić information content (AvgIpc) is 3.08. The van der Waals surface area contributed by atoms with Gasteiger partial charge >= 0.3 is 5.96 Å². The van der Waals surface area contributed by atoms with Gasteiger partial charge in [0.1, 0.15) is 0 Å². The van der Waals surface area contributed by atoms with Gasteiger partial charge in [-0.2, -0.15) is 4.98 Å². The van der Waals surface area contributed by atoms with Crippen molar-refractivity contribution >= 4 is 28.6 Å². The van der Waals surface area contributed by atoms with E-state index in [0.29, 0.717) is 17.7 Å². The van der Waals surface area contributed by atoms with Crippen LogP contribution in [0.5, 0.6) is 0 Å². The van der Waals surface area contributed by atoms with Gasteiger partial charge in [0.2, 0.25) is 5.82 Å². The second-order valence-electron chi connectivity index (χ2n) is 4.74. The number of guanidine groups is 1. The van der Waals surface area contributed by atoms with Crippen molar-refractivity contribution in [3.63, 3.8) is 0 Å². The molecule has 0 radical (unpaired) electrons. The highest BCUT2D eigenvalue weighted by Crippen LogP contribution is 2.28. The van der Waals surface area contributed by atoms with Crippen molar-refractivity contribution in [1.82, 2.24) is 10.1 Å². The smallest absolute Gasteiger partial charge is 0.335 e. The van der Waals surface area contributed by atoms with E-state index in [1.54, 1.807) is 0 Å². The molecule has 1 aromatic carbocycles. The van der Waals surface area contributed by atoms with Crippen molar-refractivity contribution in [3.8, 4) is 11.4 Å². The molecule has 20 heavy (non-hydrogen) atoms. The van der Waals surface area contributed by atoms with Gasteiger partial charge < -0.3 is 4.52 Å². The lowest BCUT2D eigenvalue weighted by Gasteiger charge is -2.06. The highest BCUT2D eigenvalue weighted by atomic mass is 127. The topological polar surface area (TPSA) is 94.0 Å². The molecule has 2 heterocycles. The van der Waals surface area contributed by atoms with Crippen LogP contribution in [0.1, 0.15) is 24.8 Å². The second kappa shape index (κ2) is 5.39. The molecule has 1 aromatic heterocycles. The van der Waals surface area contributed by atoms with Crippen LogP contribution in [0.2, 0.25) is 0 Å². The van der Waals surface area contributed by atoms with Gasteiger partial charge in [0.25, 0.3) is 5.89 Å². The highest BCUT2D eigenvalue weighted by molar-refractivity contribution is 14.1. The van der Waals surface area contributed by atoms with E-state index in [2.05, 4.69) is 32.7 Å². The summed E-state index contributed by atoms with van der Waals surface area (Å²) >= 11 is 2.26. The molecule has 2 aromatic rings. The first kappa shape index (κ1) is 13.3. The van der Waals surface area contributed by atoms with Crippen molar-refractivity contribution in [1.29, 1.82) is 0 Å². The van der Waals surface area contributed by atoms with Crippen LogP contribution in [0, 0.1) is 3.57 Å². The lowest BCUT2D eigenvalue weighted by atomic mass is 10.2. The Balaban J connectivity index is 1.91.